The van der Waals surface area contributed by atoms with E-state index in [1.54, 1.807) is 24.4 Å². The minimum atomic E-state index is -0.147. The summed E-state index contributed by atoms with van der Waals surface area (Å²) in [6, 6.07) is 3.42. The number of hydrazone groups is 1. The quantitative estimate of drug-likeness (QED) is 0.829. The number of rotatable bonds is 5. The van der Waals surface area contributed by atoms with Gasteiger partial charge in [-0.1, -0.05) is 18.2 Å². The molecule has 0 amide bonds. The minimum absolute atomic E-state index is 0.0279. The Morgan fingerprint density at radius 3 is 2.95 bits per heavy atom. The minimum Gasteiger partial charge on any atom is -0.461 e. The van der Waals surface area contributed by atoms with Gasteiger partial charge in [-0.3, -0.25) is 9.59 Å². The zero-order chi connectivity index (χ0) is 13.9. The molecule has 0 radical (unpaired) electrons. The first-order valence-electron chi connectivity index (χ1n) is 6.53. The highest BCUT2D eigenvalue weighted by atomic mass is 16.3. The second-order valence-corrected chi connectivity index (χ2v) is 4.82. The summed E-state index contributed by atoms with van der Waals surface area (Å²) in [6.45, 7) is 0. The molecule has 0 fully saturated rings. The average molecular weight is 270 g/mol. The van der Waals surface area contributed by atoms with E-state index in [2.05, 4.69) is 10.5 Å². The standard InChI is InChI=1S/C15H14N2O3/c18-13(5-6-14(19)15-2-1-7-20-15)10-3-4-12-11(8-10)9-16-17-12/h1-4,7-9,11-12,17H,5-6H2. The maximum atomic E-state index is 12.1. The van der Waals surface area contributed by atoms with E-state index in [9.17, 15) is 9.59 Å². The van der Waals surface area contributed by atoms with Crippen LogP contribution in [0.2, 0.25) is 0 Å². The monoisotopic (exact) mass is 270 g/mol. The summed E-state index contributed by atoms with van der Waals surface area (Å²) in [5.41, 5.74) is 3.59. The number of hydrogen-bond donors (Lipinski definition) is 1. The van der Waals surface area contributed by atoms with Gasteiger partial charge in [0.25, 0.3) is 0 Å². The first-order valence-corrected chi connectivity index (χ1v) is 6.53. The molecule has 2 atom stereocenters. The molecule has 102 valence electrons. The Hall–Kier alpha value is -2.43. The lowest BCUT2D eigenvalue weighted by atomic mass is 9.90. The number of fused-ring (bicyclic) bond motifs is 1. The van der Waals surface area contributed by atoms with Gasteiger partial charge in [0.2, 0.25) is 0 Å². The molecule has 1 aromatic rings. The molecule has 3 rings (SSSR count). The third kappa shape index (κ3) is 2.47. The molecule has 5 heteroatoms. The molecule has 1 aliphatic heterocycles. The molecular weight excluding hydrogens is 256 g/mol. The van der Waals surface area contributed by atoms with Crippen molar-refractivity contribution in [3.05, 3.63) is 48.0 Å². The van der Waals surface area contributed by atoms with E-state index in [-0.39, 0.29) is 36.4 Å². The predicted molar refractivity (Wildman–Crippen MR) is 73.4 cm³/mol. The van der Waals surface area contributed by atoms with Gasteiger partial charge >= 0.3 is 0 Å². The van der Waals surface area contributed by atoms with Crippen LogP contribution >= 0.6 is 0 Å². The van der Waals surface area contributed by atoms with Crippen molar-refractivity contribution in [1.29, 1.82) is 0 Å². The summed E-state index contributed by atoms with van der Waals surface area (Å²) in [5, 5.41) is 3.98. The molecule has 1 N–H and O–H groups in total. The van der Waals surface area contributed by atoms with E-state index >= 15 is 0 Å². The smallest absolute Gasteiger partial charge is 0.198 e. The van der Waals surface area contributed by atoms with Crippen molar-refractivity contribution >= 4 is 17.8 Å². The predicted octanol–water partition coefficient (Wildman–Crippen LogP) is 1.88. The fourth-order valence-electron chi connectivity index (χ4n) is 2.30. The molecule has 20 heavy (non-hydrogen) atoms. The lowest BCUT2D eigenvalue weighted by Crippen LogP contribution is -2.26. The van der Waals surface area contributed by atoms with Gasteiger partial charge in [0.15, 0.2) is 17.3 Å². The summed E-state index contributed by atoms with van der Waals surface area (Å²) in [7, 11) is 0. The van der Waals surface area contributed by atoms with Crippen molar-refractivity contribution in [3.8, 4) is 0 Å². The van der Waals surface area contributed by atoms with Gasteiger partial charge in [-0.15, -0.1) is 0 Å². The molecule has 0 spiro atoms. The van der Waals surface area contributed by atoms with E-state index in [4.69, 9.17) is 4.42 Å². The van der Waals surface area contributed by atoms with Crippen molar-refractivity contribution in [2.45, 2.75) is 18.9 Å². The fraction of sp³-hybridized carbons (Fsp3) is 0.267. The molecule has 5 nitrogen and oxygen atoms in total. The van der Waals surface area contributed by atoms with Crippen LogP contribution in [0.1, 0.15) is 23.4 Å². The van der Waals surface area contributed by atoms with Crippen LogP contribution in [0.3, 0.4) is 0 Å². The Bertz CT molecular complexity index is 611. The van der Waals surface area contributed by atoms with E-state index in [0.717, 1.165) is 0 Å². The third-order valence-electron chi connectivity index (χ3n) is 3.44. The van der Waals surface area contributed by atoms with Gasteiger partial charge < -0.3 is 9.84 Å². The second kappa shape index (κ2) is 5.28. The van der Waals surface area contributed by atoms with Crippen LogP contribution in [0.5, 0.6) is 0 Å². The Balaban J connectivity index is 1.59. The van der Waals surface area contributed by atoms with Gasteiger partial charge in [-0.2, -0.15) is 5.10 Å². The van der Waals surface area contributed by atoms with Crippen molar-refractivity contribution in [1.82, 2.24) is 5.43 Å². The van der Waals surface area contributed by atoms with E-state index < -0.39 is 0 Å². The van der Waals surface area contributed by atoms with E-state index in [1.807, 2.05) is 12.2 Å². The summed E-state index contributed by atoms with van der Waals surface area (Å²) >= 11 is 0. The van der Waals surface area contributed by atoms with Gasteiger partial charge in [-0.25, -0.2) is 0 Å². The number of allylic oxidation sites excluding steroid dienone is 2. The van der Waals surface area contributed by atoms with Crippen LogP contribution in [0, 0.1) is 5.92 Å². The van der Waals surface area contributed by atoms with Gasteiger partial charge in [0, 0.05) is 30.5 Å². The number of Topliss-reactive ketones (excluding diaryl/α,β-unsaturated/α-hetero) is 2. The fourth-order valence-corrected chi connectivity index (χ4v) is 2.30. The van der Waals surface area contributed by atoms with Crippen LogP contribution in [0.25, 0.3) is 0 Å². The first-order chi connectivity index (χ1) is 9.74. The molecule has 2 unspecified atom stereocenters. The Morgan fingerprint density at radius 2 is 2.15 bits per heavy atom. The largest absolute Gasteiger partial charge is 0.461 e. The summed E-state index contributed by atoms with van der Waals surface area (Å²) in [6.07, 6.45) is 9.22. The van der Waals surface area contributed by atoms with Gasteiger partial charge in [0.05, 0.1) is 12.3 Å². The highest BCUT2D eigenvalue weighted by molar-refractivity contribution is 6.02. The molecule has 0 saturated heterocycles. The van der Waals surface area contributed by atoms with E-state index in [1.165, 1.54) is 6.26 Å². The zero-order valence-corrected chi connectivity index (χ0v) is 10.8. The molecule has 1 aliphatic carbocycles. The third-order valence-corrected chi connectivity index (χ3v) is 3.44. The maximum Gasteiger partial charge on any atom is 0.198 e. The number of hydrogen-bond acceptors (Lipinski definition) is 5. The Kier molecular flexibility index (Phi) is 3.33. The van der Waals surface area contributed by atoms with Crippen LogP contribution < -0.4 is 5.43 Å². The average Bonchev–Trinajstić information content (AvgIpc) is 3.13. The number of nitrogens with one attached hydrogen (secondary N) is 1. The zero-order valence-electron chi connectivity index (χ0n) is 10.8. The lowest BCUT2D eigenvalue weighted by Gasteiger charge is -2.16. The highest BCUT2D eigenvalue weighted by Crippen LogP contribution is 2.21. The first kappa shape index (κ1) is 12.6. The number of carbonyl (C=O) groups is 2. The van der Waals surface area contributed by atoms with Crippen LogP contribution in [0.4, 0.5) is 0 Å². The topological polar surface area (TPSA) is 71.7 Å². The highest BCUT2D eigenvalue weighted by Gasteiger charge is 2.25. The molecule has 0 saturated carbocycles. The second-order valence-electron chi connectivity index (χ2n) is 4.82. The van der Waals surface area contributed by atoms with Crippen molar-refractivity contribution in [2.75, 3.05) is 0 Å². The molecule has 2 heterocycles. The molecular formula is C15H14N2O3. The summed E-state index contributed by atoms with van der Waals surface area (Å²) in [4.78, 5) is 23.9. The van der Waals surface area contributed by atoms with E-state index in [0.29, 0.717) is 11.3 Å². The number of furan rings is 1. The van der Waals surface area contributed by atoms with Crippen LogP contribution in [-0.2, 0) is 4.79 Å². The summed E-state index contributed by atoms with van der Waals surface area (Å²) < 4.78 is 5.01. The van der Waals surface area contributed by atoms with Gasteiger partial charge in [0.1, 0.15) is 0 Å². The number of ketones is 2. The van der Waals surface area contributed by atoms with Crippen LogP contribution in [-0.4, -0.2) is 23.8 Å². The lowest BCUT2D eigenvalue weighted by molar-refractivity contribution is -0.115. The molecule has 0 bridgehead atoms. The Labute approximate surface area is 116 Å². The SMILES string of the molecule is O=C(CCC(=O)c1ccco1)C1=CC2C=NNC2C=C1. The van der Waals surface area contributed by atoms with Crippen molar-refractivity contribution < 1.29 is 14.0 Å². The molecule has 2 aliphatic rings. The molecule has 1 aromatic heterocycles. The molecule has 0 aromatic carbocycles. The Morgan fingerprint density at radius 1 is 1.30 bits per heavy atom. The van der Waals surface area contributed by atoms with Crippen molar-refractivity contribution in [2.24, 2.45) is 11.0 Å². The van der Waals surface area contributed by atoms with Gasteiger partial charge in [-0.05, 0) is 12.1 Å². The van der Waals surface area contributed by atoms with Crippen LogP contribution in [0.15, 0.2) is 51.7 Å². The normalized spacial score (nSPS) is 23.1. The van der Waals surface area contributed by atoms with Crippen molar-refractivity contribution in [3.63, 3.8) is 0 Å². The summed E-state index contributed by atoms with van der Waals surface area (Å²) in [5.74, 6) is 0.253. The number of carbonyl (C=O) groups excluding carboxylic acids is 2. The maximum absolute atomic E-state index is 12.1. The number of nitrogens with zero attached hydrogens (tertiary/aromatic N) is 1.